The fourth-order valence-corrected chi connectivity index (χ4v) is 1.98. The van der Waals surface area contributed by atoms with Crippen LogP contribution in [0.2, 0.25) is 0 Å². The van der Waals surface area contributed by atoms with Crippen molar-refractivity contribution in [2.45, 2.75) is 19.4 Å². The molecule has 108 valence electrons. The van der Waals surface area contributed by atoms with Gasteiger partial charge in [-0.3, -0.25) is 4.79 Å². The van der Waals surface area contributed by atoms with E-state index >= 15 is 0 Å². The Morgan fingerprint density at radius 3 is 2.48 bits per heavy atom. The molecule has 1 aromatic carbocycles. The molecule has 1 atom stereocenters. The number of carbonyl (C=O) groups is 2. The van der Waals surface area contributed by atoms with Crippen LogP contribution in [0.3, 0.4) is 0 Å². The number of benzene rings is 1. The summed E-state index contributed by atoms with van der Waals surface area (Å²) >= 11 is 0. The van der Waals surface area contributed by atoms with Gasteiger partial charge in [-0.25, -0.2) is 9.78 Å². The monoisotopic (exact) mass is 284 g/mol. The zero-order valence-corrected chi connectivity index (χ0v) is 11.6. The van der Waals surface area contributed by atoms with E-state index in [0.29, 0.717) is 5.56 Å². The SMILES string of the molecule is CC(Cc1ccccc1)NC(=O)c1ccc(C(=O)O)nc1. The third kappa shape index (κ3) is 4.14. The Morgan fingerprint density at radius 1 is 1.19 bits per heavy atom. The minimum absolute atomic E-state index is 0.0287. The average Bonchev–Trinajstić information content (AvgIpc) is 2.48. The number of aromatic nitrogens is 1. The van der Waals surface area contributed by atoms with Crippen molar-refractivity contribution in [2.24, 2.45) is 0 Å². The Balaban J connectivity index is 1.96. The molecule has 0 aliphatic heterocycles. The molecule has 21 heavy (non-hydrogen) atoms. The first-order chi connectivity index (χ1) is 10.1. The van der Waals surface area contributed by atoms with Gasteiger partial charge in [-0.05, 0) is 31.0 Å². The summed E-state index contributed by atoms with van der Waals surface area (Å²) in [5, 5.41) is 11.6. The maximum absolute atomic E-state index is 12.0. The molecule has 2 N–H and O–H groups in total. The number of pyridine rings is 1. The molecule has 1 heterocycles. The van der Waals surface area contributed by atoms with E-state index in [1.165, 1.54) is 18.3 Å². The van der Waals surface area contributed by atoms with E-state index in [0.717, 1.165) is 12.0 Å². The Bertz CT molecular complexity index is 624. The molecular formula is C16H16N2O3. The summed E-state index contributed by atoms with van der Waals surface area (Å²) in [7, 11) is 0. The molecule has 0 aliphatic rings. The Morgan fingerprint density at radius 2 is 1.90 bits per heavy atom. The summed E-state index contributed by atoms with van der Waals surface area (Å²) in [6, 6.07) is 12.6. The van der Waals surface area contributed by atoms with Crippen LogP contribution in [-0.2, 0) is 6.42 Å². The van der Waals surface area contributed by atoms with E-state index in [9.17, 15) is 9.59 Å². The van der Waals surface area contributed by atoms with Crippen molar-refractivity contribution in [3.63, 3.8) is 0 Å². The highest BCUT2D eigenvalue weighted by molar-refractivity contribution is 5.95. The normalized spacial score (nSPS) is 11.7. The lowest BCUT2D eigenvalue weighted by atomic mass is 10.1. The van der Waals surface area contributed by atoms with Crippen molar-refractivity contribution in [1.82, 2.24) is 10.3 Å². The van der Waals surface area contributed by atoms with Crippen LogP contribution in [0.25, 0.3) is 0 Å². The van der Waals surface area contributed by atoms with Crippen LogP contribution in [0.5, 0.6) is 0 Å². The van der Waals surface area contributed by atoms with E-state index in [4.69, 9.17) is 5.11 Å². The number of amides is 1. The average molecular weight is 284 g/mol. The third-order valence-corrected chi connectivity index (χ3v) is 3.01. The number of carbonyl (C=O) groups excluding carboxylic acids is 1. The topological polar surface area (TPSA) is 79.3 Å². The molecule has 1 unspecified atom stereocenters. The van der Waals surface area contributed by atoms with Crippen LogP contribution in [0, 0.1) is 0 Å². The molecule has 1 amide bonds. The van der Waals surface area contributed by atoms with Crippen molar-refractivity contribution in [2.75, 3.05) is 0 Å². The van der Waals surface area contributed by atoms with Crippen molar-refractivity contribution in [3.8, 4) is 0 Å². The van der Waals surface area contributed by atoms with Gasteiger partial charge in [0.15, 0.2) is 0 Å². The van der Waals surface area contributed by atoms with E-state index < -0.39 is 5.97 Å². The standard InChI is InChI=1S/C16H16N2O3/c1-11(9-12-5-3-2-4-6-12)18-15(19)13-7-8-14(16(20)21)17-10-13/h2-8,10-11H,9H2,1H3,(H,18,19)(H,20,21). The Hall–Kier alpha value is -2.69. The third-order valence-electron chi connectivity index (χ3n) is 3.01. The summed E-state index contributed by atoms with van der Waals surface area (Å²) in [5.74, 6) is -1.37. The van der Waals surface area contributed by atoms with Crippen LogP contribution >= 0.6 is 0 Å². The molecule has 0 fully saturated rings. The minimum Gasteiger partial charge on any atom is -0.477 e. The van der Waals surface area contributed by atoms with Gasteiger partial charge < -0.3 is 10.4 Å². The van der Waals surface area contributed by atoms with Gasteiger partial charge in [0.25, 0.3) is 5.91 Å². The molecule has 5 nitrogen and oxygen atoms in total. The zero-order chi connectivity index (χ0) is 15.2. The molecular weight excluding hydrogens is 268 g/mol. The van der Waals surface area contributed by atoms with Gasteiger partial charge in [-0.15, -0.1) is 0 Å². The van der Waals surface area contributed by atoms with Crippen molar-refractivity contribution in [3.05, 3.63) is 65.5 Å². The van der Waals surface area contributed by atoms with Gasteiger partial charge in [-0.1, -0.05) is 30.3 Å². The number of hydrogen-bond donors (Lipinski definition) is 2. The lowest BCUT2D eigenvalue weighted by Crippen LogP contribution is -2.34. The second kappa shape index (κ2) is 6.65. The molecule has 2 rings (SSSR count). The Kier molecular flexibility index (Phi) is 4.66. The van der Waals surface area contributed by atoms with E-state index in [2.05, 4.69) is 10.3 Å². The summed E-state index contributed by atoms with van der Waals surface area (Å²) in [5.41, 5.74) is 1.41. The first-order valence-electron chi connectivity index (χ1n) is 6.60. The predicted octanol–water partition coefficient (Wildman–Crippen LogP) is 2.14. The van der Waals surface area contributed by atoms with E-state index in [1.807, 2.05) is 37.3 Å². The number of aromatic carboxylic acids is 1. The predicted molar refractivity (Wildman–Crippen MR) is 78.3 cm³/mol. The van der Waals surface area contributed by atoms with Gasteiger partial charge in [0.2, 0.25) is 0 Å². The second-order valence-corrected chi connectivity index (χ2v) is 4.80. The Labute approximate surface area is 122 Å². The van der Waals surface area contributed by atoms with Crippen molar-refractivity contribution >= 4 is 11.9 Å². The summed E-state index contributed by atoms with van der Waals surface area (Å²) in [6.07, 6.45) is 2.00. The highest BCUT2D eigenvalue weighted by atomic mass is 16.4. The fraction of sp³-hybridized carbons (Fsp3) is 0.188. The highest BCUT2D eigenvalue weighted by Gasteiger charge is 2.12. The number of carboxylic acid groups (broad SMARTS) is 1. The minimum atomic E-state index is -1.11. The molecule has 0 radical (unpaired) electrons. The lowest BCUT2D eigenvalue weighted by molar-refractivity contribution is 0.0689. The molecule has 0 bridgehead atoms. The number of carboxylic acids is 1. The van der Waals surface area contributed by atoms with Crippen LogP contribution in [0.15, 0.2) is 48.7 Å². The quantitative estimate of drug-likeness (QED) is 0.881. The second-order valence-electron chi connectivity index (χ2n) is 4.80. The first kappa shape index (κ1) is 14.7. The maximum atomic E-state index is 12.0. The van der Waals surface area contributed by atoms with Crippen molar-refractivity contribution in [1.29, 1.82) is 0 Å². The fourth-order valence-electron chi connectivity index (χ4n) is 1.98. The lowest BCUT2D eigenvalue weighted by Gasteiger charge is -2.14. The number of hydrogen-bond acceptors (Lipinski definition) is 3. The molecule has 0 saturated carbocycles. The maximum Gasteiger partial charge on any atom is 0.354 e. The number of nitrogens with zero attached hydrogens (tertiary/aromatic N) is 1. The molecule has 1 aromatic heterocycles. The van der Waals surface area contributed by atoms with Crippen LogP contribution < -0.4 is 5.32 Å². The number of rotatable bonds is 5. The summed E-state index contributed by atoms with van der Waals surface area (Å²) < 4.78 is 0. The molecule has 0 aliphatic carbocycles. The summed E-state index contributed by atoms with van der Waals surface area (Å²) in [4.78, 5) is 26.5. The van der Waals surface area contributed by atoms with E-state index in [-0.39, 0.29) is 17.6 Å². The largest absolute Gasteiger partial charge is 0.477 e. The molecule has 2 aromatic rings. The summed E-state index contributed by atoms with van der Waals surface area (Å²) in [6.45, 7) is 1.92. The number of nitrogens with one attached hydrogen (secondary N) is 1. The molecule has 0 spiro atoms. The first-order valence-corrected chi connectivity index (χ1v) is 6.60. The zero-order valence-electron chi connectivity index (χ0n) is 11.6. The van der Waals surface area contributed by atoms with Gasteiger partial charge in [0.05, 0.1) is 5.56 Å². The van der Waals surface area contributed by atoms with Crippen LogP contribution in [0.1, 0.15) is 33.3 Å². The van der Waals surface area contributed by atoms with Crippen LogP contribution in [0.4, 0.5) is 0 Å². The van der Waals surface area contributed by atoms with Gasteiger partial charge in [0, 0.05) is 12.2 Å². The van der Waals surface area contributed by atoms with Crippen molar-refractivity contribution < 1.29 is 14.7 Å². The van der Waals surface area contributed by atoms with Crippen LogP contribution in [-0.4, -0.2) is 28.0 Å². The van der Waals surface area contributed by atoms with Gasteiger partial charge in [-0.2, -0.15) is 0 Å². The smallest absolute Gasteiger partial charge is 0.354 e. The van der Waals surface area contributed by atoms with E-state index in [1.54, 1.807) is 0 Å². The molecule has 0 saturated heterocycles. The highest BCUT2D eigenvalue weighted by Crippen LogP contribution is 2.05. The van der Waals surface area contributed by atoms with Gasteiger partial charge >= 0.3 is 5.97 Å². The van der Waals surface area contributed by atoms with Gasteiger partial charge in [0.1, 0.15) is 5.69 Å². The molecule has 5 heteroatoms.